The van der Waals surface area contributed by atoms with E-state index in [1.807, 2.05) is 26.0 Å². The van der Waals surface area contributed by atoms with Gasteiger partial charge in [-0.15, -0.1) is 0 Å². The fraction of sp³-hybridized carbons (Fsp3) is 0.400. The standard InChI is InChI=1S/C10H14O2/c1-4-5-9-10(8(2)3)12-7-6-11-9/h4-5H,2,6-7H2,1,3H3/b5-4-. The zero-order valence-electron chi connectivity index (χ0n) is 7.59. The highest BCUT2D eigenvalue weighted by atomic mass is 16.6. The molecule has 66 valence electrons. The Balaban J connectivity index is 2.90. The van der Waals surface area contributed by atoms with Gasteiger partial charge in [0.1, 0.15) is 13.2 Å². The molecule has 0 bridgehead atoms. The summed E-state index contributed by atoms with van der Waals surface area (Å²) in [6.07, 6.45) is 3.82. The van der Waals surface area contributed by atoms with Crippen molar-refractivity contribution in [3.05, 3.63) is 35.8 Å². The van der Waals surface area contributed by atoms with Gasteiger partial charge in [-0.2, -0.15) is 0 Å². The first kappa shape index (κ1) is 8.91. The first-order chi connectivity index (χ1) is 5.75. The Morgan fingerprint density at radius 1 is 1.42 bits per heavy atom. The van der Waals surface area contributed by atoms with Gasteiger partial charge in [-0.05, 0) is 25.5 Å². The van der Waals surface area contributed by atoms with Gasteiger partial charge in [-0.25, -0.2) is 0 Å². The van der Waals surface area contributed by atoms with E-state index in [2.05, 4.69) is 6.58 Å². The molecule has 0 atom stereocenters. The molecule has 1 aliphatic rings. The van der Waals surface area contributed by atoms with E-state index in [0.717, 1.165) is 17.1 Å². The van der Waals surface area contributed by atoms with Crippen molar-refractivity contribution in [2.24, 2.45) is 0 Å². The lowest BCUT2D eigenvalue weighted by Gasteiger charge is -2.20. The number of ether oxygens (including phenoxy) is 2. The molecule has 1 aliphatic heterocycles. The van der Waals surface area contributed by atoms with Crippen LogP contribution in [0.2, 0.25) is 0 Å². The highest BCUT2D eigenvalue weighted by Gasteiger charge is 2.12. The molecule has 0 aromatic rings. The molecule has 0 spiro atoms. The average molecular weight is 166 g/mol. The van der Waals surface area contributed by atoms with Gasteiger partial charge in [0.2, 0.25) is 0 Å². The van der Waals surface area contributed by atoms with Crippen LogP contribution >= 0.6 is 0 Å². The largest absolute Gasteiger partial charge is 0.486 e. The number of hydrogen-bond donors (Lipinski definition) is 0. The molecular weight excluding hydrogens is 152 g/mol. The molecule has 0 fully saturated rings. The van der Waals surface area contributed by atoms with Gasteiger partial charge < -0.3 is 9.47 Å². The van der Waals surface area contributed by atoms with Crippen LogP contribution in [0.3, 0.4) is 0 Å². The van der Waals surface area contributed by atoms with Crippen LogP contribution in [0.15, 0.2) is 35.8 Å². The Morgan fingerprint density at radius 2 is 2.08 bits per heavy atom. The maximum atomic E-state index is 5.41. The summed E-state index contributed by atoms with van der Waals surface area (Å²) in [6, 6.07) is 0. The summed E-state index contributed by atoms with van der Waals surface area (Å²) < 4.78 is 10.8. The predicted molar refractivity (Wildman–Crippen MR) is 48.6 cm³/mol. The Kier molecular flexibility index (Phi) is 2.97. The zero-order valence-corrected chi connectivity index (χ0v) is 7.59. The molecule has 0 aromatic carbocycles. The molecule has 12 heavy (non-hydrogen) atoms. The molecule has 0 saturated carbocycles. The second kappa shape index (κ2) is 4.00. The van der Waals surface area contributed by atoms with Crippen LogP contribution in [-0.4, -0.2) is 13.2 Å². The summed E-state index contributed by atoms with van der Waals surface area (Å²) in [5.74, 6) is 1.57. The third kappa shape index (κ3) is 1.91. The molecule has 0 saturated heterocycles. The lowest BCUT2D eigenvalue weighted by molar-refractivity contribution is 0.0745. The summed E-state index contributed by atoms with van der Waals surface area (Å²) in [7, 11) is 0. The van der Waals surface area contributed by atoms with Gasteiger partial charge in [0, 0.05) is 0 Å². The van der Waals surface area contributed by atoms with Crippen molar-refractivity contribution in [1.82, 2.24) is 0 Å². The molecule has 0 amide bonds. The minimum Gasteiger partial charge on any atom is -0.486 e. The van der Waals surface area contributed by atoms with Crippen LogP contribution in [0.5, 0.6) is 0 Å². The van der Waals surface area contributed by atoms with Crippen LogP contribution in [-0.2, 0) is 9.47 Å². The summed E-state index contributed by atoms with van der Waals surface area (Å²) in [4.78, 5) is 0. The van der Waals surface area contributed by atoms with E-state index in [4.69, 9.17) is 9.47 Å². The Bertz CT molecular complexity index is 236. The van der Waals surface area contributed by atoms with Crippen LogP contribution < -0.4 is 0 Å². The van der Waals surface area contributed by atoms with E-state index < -0.39 is 0 Å². The van der Waals surface area contributed by atoms with Crippen molar-refractivity contribution < 1.29 is 9.47 Å². The lowest BCUT2D eigenvalue weighted by Crippen LogP contribution is -2.13. The second-order valence-corrected chi connectivity index (χ2v) is 2.67. The van der Waals surface area contributed by atoms with Crippen molar-refractivity contribution in [2.75, 3.05) is 13.2 Å². The Morgan fingerprint density at radius 3 is 2.67 bits per heavy atom. The minimum atomic E-state index is 0.614. The number of hydrogen-bond acceptors (Lipinski definition) is 2. The predicted octanol–water partition coefficient (Wildman–Crippen LogP) is 2.40. The molecule has 2 heteroatoms. The van der Waals surface area contributed by atoms with Crippen molar-refractivity contribution in [2.45, 2.75) is 13.8 Å². The smallest absolute Gasteiger partial charge is 0.163 e. The zero-order chi connectivity index (χ0) is 8.97. The maximum absolute atomic E-state index is 5.41. The fourth-order valence-electron chi connectivity index (χ4n) is 1.04. The fourth-order valence-corrected chi connectivity index (χ4v) is 1.04. The molecule has 1 heterocycles. The van der Waals surface area contributed by atoms with Gasteiger partial charge in [-0.1, -0.05) is 12.7 Å². The first-order valence-corrected chi connectivity index (χ1v) is 4.04. The molecule has 1 rings (SSSR count). The molecular formula is C10H14O2. The molecule has 2 nitrogen and oxygen atoms in total. The van der Waals surface area contributed by atoms with Crippen molar-refractivity contribution in [1.29, 1.82) is 0 Å². The van der Waals surface area contributed by atoms with Crippen LogP contribution in [0.25, 0.3) is 0 Å². The van der Waals surface area contributed by atoms with Crippen molar-refractivity contribution >= 4 is 0 Å². The third-order valence-electron chi connectivity index (χ3n) is 1.52. The lowest BCUT2D eigenvalue weighted by atomic mass is 10.2. The van der Waals surface area contributed by atoms with E-state index in [1.54, 1.807) is 0 Å². The SMILES string of the molecule is C=C(C)C1=C(/C=C\C)OCCO1. The molecule has 0 aliphatic carbocycles. The highest BCUT2D eigenvalue weighted by Crippen LogP contribution is 2.20. The van der Waals surface area contributed by atoms with E-state index in [0.29, 0.717) is 13.2 Å². The van der Waals surface area contributed by atoms with E-state index in [9.17, 15) is 0 Å². The third-order valence-corrected chi connectivity index (χ3v) is 1.52. The summed E-state index contributed by atoms with van der Waals surface area (Å²) in [5.41, 5.74) is 0.905. The normalized spacial score (nSPS) is 17.5. The highest BCUT2D eigenvalue weighted by molar-refractivity contribution is 5.30. The maximum Gasteiger partial charge on any atom is 0.163 e. The first-order valence-electron chi connectivity index (χ1n) is 4.04. The van der Waals surface area contributed by atoms with Crippen LogP contribution in [0, 0.1) is 0 Å². The van der Waals surface area contributed by atoms with Crippen LogP contribution in [0.1, 0.15) is 13.8 Å². The van der Waals surface area contributed by atoms with Gasteiger partial charge in [0.15, 0.2) is 11.5 Å². The van der Waals surface area contributed by atoms with Gasteiger partial charge in [-0.3, -0.25) is 0 Å². The van der Waals surface area contributed by atoms with Gasteiger partial charge in [0.05, 0.1) is 0 Å². The van der Waals surface area contributed by atoms with Crippen molar-refractivity contribution in [3.63, 3.8) is 0 Å². The summed E-state index contributed by atoms with van der Waals surface area (Å²) in [6.45, 7) is 8.91. The molecule has 0 N–H and O–H groups in total. The molecule has 0 unspecified atom stereocenters. The van der Waals surface area contributed by atoms with E-state index in [1.165, 1.54) is 0 Å². The number of rotatable bonds is 2. The average Bonchev–Trinajstić information content (AvgIpc) is 2.05. The van der Waals surface area contributed by atoms with Gasteiger partial charge in [0.25, 0.3) is 0 Å². The van der Waals surface area contributed by atoms with Crippen molar-refractivity contribution in [3.8, 4) is 0 Å². The monoisotopic (exact) mass is 166 g/mol. The van der Waals surface area contributed by atoms with E-state index in [-0.39, 0.29) is 0 Å². The topological polar surface area (TPSA) is 18.5 Å². The van der Waals surface area contributed by atoms with Gasteiger partial charge >= 0.3 is 0 Å². The quantitative estimate of drug-likeness (QED) is 0.627. The molecule has 0 aromatic heterocycles. The summed E-state index contributed by atoms with van der Waals surface area (Å²) >= 11 is 0. The van der Waals surface area contributed by atoms with Crippen LogP contribution in [0.4, 0.5) is 0 Å². The Hall–Kier alpha value is -1.18. The minimum absolute atomic E-state index is 0.614. The number of allylic oxidation sites excluding steroid dienone is 3. The second-order valence-electron chi connectivity index (χ2n) is 2.67. The Labute approximate surface area is 73.2 Å². The summed E-state index contributed by atoms with van der Waals surface area (Å²) in [5, 5.41) is 0. The van der Waals surface area contributed by atoms with E-state index >= 15 is 0 Å². The molecule has 0 radical (unpaired) electrons.